The van der Waals surface area contributed by atoms with Crippen LogP contribution in [0.4, 0.5) is 0 Å². The first-order valence-corrected chi connectivity index (χ1v) is 8.43. The van der Waals surface area contributed by atoms with E-state index in [0.29, 0.717) is 6.04 Å². The summed E-state index contributed by atoms with van der Waals surface area (Å²) < 4.78 is 5.66. The lowest BCUT2D eigenvalue weighted by Crippen LogP contribution is -2.35. The Kier molecular flexibility index (Phi) is 9.11. The molecule has 3 nitrogen and oxygen atoms in total. The highest BCUT2D eigenvalue weighted by atomic mass is 16.5. The van der Waals surface area contributed by atoms with Crippen molar-refractivity contribution in [3.8, 4) is 5.75 Å². The Balaban J connectivity index is 2.72. The summed E-state index contributed by atoms with van der Waals surface area (Å²) in [6.45, 7) is 13.9. The first-order valence-electron chi connectivity index (χ1n) is 8.43. The van der Waals surface area contributed by atoms with Gasteiger partial charge in [-0.2, -0.15) is 0 Å². The molecule has 0 bridgehead atoms. The molecule has 0 saturated heterocycles. The Bertz CT molecular complexity index is 360. The topological polar surface area (TPSA) is 24.5 Å². The molecule has 1 unspecified atom stereocenters. The van der Waals surface area contributed by atoms with Gasteiger partial charge in [-0.3, -0.25) is 0 Å². The number of ether oxygens (including phenoxy) is 1. The van der Waals surface area contributed by atoms with E-state index in [2.05, 4.69) is 62.2 Å². The van der Waals surface area contributed by atoms with E-state index in [9.17, 15) is 0 Å². The minimum absolute atomic E-state index is 0.394. The molecule has 0 aromatic heterocycles. The number of rotatable bonds is 11. The molecular formula is C18H32N2O. The summed E-state index contributed by atoms with van der Waals surface area (Å²) >= 11 is 0. The molecule has 1 N–H and O–H groups in total. The van der Waals surface area contributed by atoms with E-state index in [1.54, 1.807) is 0 Å². The highest BCUT2D eigenvalue weighted by molar-refractivity contribution is 5.29. The summed E-state index contributed by atoms with van der Waals surface area (Å²) in [4.78, 5) is 2.47. The van der Waals surface area contributed by atoms with Crippen molar-refractivity contribution in [1.29, 1.82) is 0 Å². The Morgan fingerprint density at radius 2 is 1.67 bits per heavy atom. The van der Waals surface area contributed by atoms with Gasteiger partial charge in [-0.15, -0.1) is 0 Å². The molecular weight excluding hydrogens is 260 g/mol. The molecule has 1 aromatic carbocycles. The average Bonchev–Trinajstić information content (AvgIpc) is 2.54. The first-order chi connectivity index (χ1) is 10.2. The molecule has 0 fully saturated rings. The van der Waals surface area contributed by atoms with E-state index in [4.69, 9.17) is 4.74 Å². The van der Waals surface area contributed by atoms with Crippen LogP contribution in [0.25, 0.3) is 0 Å². The Hall–Kier alpha value is -1.06. The van der Waals surface area contributed by atoms with E-state index in [1.807, 2.05) is 0 Å². The maximum atomic E-state index is 5.66. The van der Waals surface area contributed by atoms with Crippen LogP contribution in [-0.2, 0) is 0 Å². The number of benzene rings is 1. The summed E-state index contributed by atoms with van der Waals surface area (Å²) in [6, 6.07) is 8.97. The van der Waals surface area contributed by atoms with Crippen LogP contribution in [0.1, 0.15) is 52.1 Å². The lowest BCUT2D eigenvalue weighted by Gasteiger charge is -2.26. The van der Waals surface area contributed by atoms with E-state index >= 15 is 0 Å². The molecule has 1 atom stereocenters. The zero-order chi connectivity index (χ0) is 15.5. The molecule has 0 spiro atoms. The lowest BCUT2D eigenvalue weighted by atomic mass is 10.1. The van der Waals surface area contributed by atoms with Crippen LogP contribution in [0, 0.1) is 0 Å². The second kappa shape index (κ2) is 10.6. The monoisotopic (exact) mass is 292 g/mol. The zero-order valence-electron chi connectivity index (χ0n) is 14.2. The van der Waals surface area contributed by atoms with Crippen molar-refractivity contribution >= 4 is 0 Å². The van der Waals surface area contributed by atoms with Crippen LogP contribution in [0.3, 0.4) is 0 Å². The second-order valence-corrected chi connectivity index (χ2v) is 5.41. The Morgan fingerprint density at radius 1 is 1.00 bits per heavy atom. The Labute approximate surface area is 130 Å². The molecule has 120 valence electrons. The van der Waals surface area contributed by atoms with Crippen molar-refractivity contribution in [2.45, 2.75) is 46.6 Å². The number of likely N-dealkylation sites (N-methyl/N-ethyl adjacent to an activating group) is 1. The number of nitrogens with one attached hydrogen (secondary N) is 1. The van der Waals surface area contributed by atoms with E-state index in [0.717, 1.165) is 51.4 Å². The molecule has 1 rings (SSSR count). The van der Waals surface area contributed by atoms with Gasteiger partial charge in [0.25, 0.3) is 0 Å². The lowest BCUT2D eigenvalue weighted by molar-refractivity contribution is 0.265. The normalized spacial score (nSPS) is 12.6. The third kappa shape index (κ3) is 6.49. The van der Waals surface area contributed by atoms with Gasteiger partial charge in [0, 0.05) is 12.6 Å². The van der Waals surface area contributed by atoms with Crippen molar-refractivity contribution < 1.29 is 4.74 Å². The van der Waals surface area contributed by atoms with Gasteiger partial charge in [0.15, 0.2) is 0 Å². The van der Waals surface area contributed by atoms with Gasteiger partial charge >= 0.3 is 0 Å². The fourth-order valence-corrected chi connectivity index (χ4v) is 2.36. The predicted molar refractivity (Wildman–Crippen MR) is 91.1 cm³/mol. The van der Waals surface area contributed by atoms with E-state index in [1.165, 1.54) is 5.56 Å². The SMILES string of the molecule is CCCNC(CN(CC)CC)c1ccc(OCCC)cc1. The van der Waals surface area contributed by atoms with Crippen LogP contribution in [0.2, 0.25) is 0 Å². The molecule has 0 radical (unpaired) electrons. The van der Waals surface area contributed by atoms with Crippen molar-refractivity contribution in [3.63, 3.8) is 0 Å². The molecule has 3 heteroatoms. The molecule has 0 aliphatic heterocycles. The van der Waals surface area contributed by atoms with Crippen molar-refractivity contribution in [2.24, 2.45) is 0 Å². The minimum Gasteiger partial charge on any atom is -0.494 e. The summed E-state index contributed by atoms with van der Waals surface area (Å²) in [5, 5.41) is 3.66. The summed E-state index contributed by atoms with van der Waals surface area (Å²) in [7, 11) is 0. The molecule has 0 aliphatic carbocycles. The van der Waals surface area contributed by atoms with Gasteiger partial charge in [-0.05, 0) is 50.2 Å². The third-order valence-corrected chi connectivity index (χ3v) is 3.73. The van der Waals surface area contributed by atoms with Gasteiger partial charge in [0.05, 0.1) is 6.61 Å². The number of nitrogens with zero attached hydrogens (tertiary/aromatic N) is 1. The van der Waals surface area contributed by atoms with Gasteiger partial charge in [-0.25, -0.2) is 0 Å². The summed E-state index contributed by atoms with van der Waals surface area (Å²) in [6.07, 6.45) is 2.21. The van der Waals surface area contributed by atoms with Gasteiger partial charge in [0.1, 0.15) is 5.75 Å². The van der Waals surface area contributed by atoms with E-state index < -0.39 is 0 Å². The maximum Gasteiger partial charge on any atom is 0.119 e. The summed E-state index contributed by atoms with van der Waals surface area (Å²) in [5.41, 5.74) is 1.35. The largest absolute Gasteiger partial charge is 0.494 e. The quantitative estimate of drug-likeness (QED) is 0.670. The third-order valence-electron chi connectivity index (χ3n) is 3.73. The fraction of sp³-hybridized carbons (Fsp3) is 0.667. The van der Waals surface area contributed by atoms with Crippen LogP contribution < -0.4 is 10.1 Å². The molecule has 1 aromatic rings. The fourth-order valence-electron chi connectivity index (χ4n) is 2.36. The second-order valence-electron chi connectivity index (χ2n) is 5.41. The number of hydrogen-bond donors (Lipinski definition) is 1. The van der Waals surface area contributed by atoms with Crippen LogP contribution >= 0.6 is 0 Å². The average molecular weight is 292 g/mol. The minimum atomic E-state index is 0.394. The first kappa shape index (κ1) is 18.0. The smallest absolute Gasteiger partial charge is 0.119 e. The maximum absolute atomic E-state index is 5.66. The van der Waals surface area contributed by atoms with Crippen molar-refractivity contribution in [3.05, 3.63) is 29.8 Å². The summed E-state index contributed by atoms with van der Waals surface area (Å²) in [5.74, 6) is 0.970. The highest BCUT2D eigenvalue weighted by Gasteiger charge is 2.13. The van der Waals surface area contributed by atoms with Gasteiger partial charge in [-0.1, -0.05) is 39.8 Å². The molecule has 0 saturated carbocycles. The van der Waals surface area contributed by atoms with Gasteiger partial charge in [0.2, 0.25) is 0 Å². The van der Waals surface area contributed by atoms with Crippen molar-refractivity contribution in [1.82, 2.24) is 10.2 Å². The molecule has 0 aliphatic rings. The highest BCUT2D eigenvalue weighted by Crippen LogP contribution is 2.19. The predicted octanol–water partition coefficient (Wildman–Crippen LogP) is 3.86. The standard InChI is InChI=1S/C18H32N2O/c1-5-13-19-18(15-20(7-3)8-4)16-9-11-17(12-10-16)21-14-6-2/h9-12,18-19H,5-8,13-15H2,1-4H3. The van der Waals surface area contributed by atoms with Gasteiger partial charge < -0.3 is 15.0 Å². The van der Waals surface area contributed by atoms with Crippen LogP contribution in [0.5, 0.6) is 5.75 Å². The van der Waals surface area contributed by atoms with Crippen LogP contribution in [-0.4, -0.2) is 37.7 Å². The molecule has 0 amide bonds. The number of hydrogen-bond acceptors (Lipinski definition) is 3. The molecule has 0 heterocycles. The zero-order valence-corrected chi connectivity index (χ0v) is 14.2. The van der Waals surface area contributed by atoms with Crippen molar-refractivity contribution in [2.75, 3.05) is 32.8 Å². The Morgan fingerprint density at radius 3 is 2.19 bits per heavy atom. The molecule has 21 heavy (non-hydrogen) atoms. The van der Waals surface area contributed by atoms with Crippen LogP contribution in [0.15, 0.2) is 24.3 Å². The van der Waals surface area contributed by atoms with E-state index in [-0.39, 0.29) is 0 Å².